The number of amides is 2. The van der Waals surface area contributed by atoms with Crippen LogP contribution in [0.2, 0.25) is 0 Å². The number of fused-ring (bicyclic) bond motifs is 2. The van der Waals surface area contributed by atoms with Gasteiger partial charge in [0.2, 0.25) is 0 Å². The van der Waals surface area contributed by atoms with Crippen molar-refractivity contribution in [3.63, 3.8) is 0 Å². The first kappa shape index (κ1) is 19.2. The summed E-state index contributed by atoms with van der Waals surface area (Å²) in [4.78, 5) is 15.8. The van der Waals surface area contributed by atoms with E-state index in [2.05, 4.69) is 45.9 Å². The minimum atomic E-state index is 0.114. The second-order valence-electron chi connectivity index (χ2n) is 11.4. The third-order valence-electron chi connectivity index (χ3n) is 9.09. The molecular formula is C26H37N3O. The van der Waals surface area contributed by atoms with E-state index in [4.69, 9.17) is 0 Å². The van der Waals surface area contributed by atoms with E-state index < -0.39 is 0 Å². The van der Waals surface area contributed by atoms with Gasteiger partial charge in [0.1, 0.15) is 0 Å². The monoisotopic (exact) mass is 407 g/mol. The third kappa shape index (κ3) is 3.66. The normalized spacial score (nSPS) is 42.1. The number of benzene rings is 1. The molecule has 6 bridgehead atoms. The number of carbonyl (C=O) groups is 1. The zero-order chi connectivity index (χ0) is 20.1. The van der Waals surface area contributed by atoms with Gasteiger partial charge < -0.3 is 10.6 Å². The second-order valence-corrected chi connectivity index (χ2v) is 11.4. The molecule has 6 fully saturated rings. The van der Waals surface area contributed by atoms with Crippen LogP contribution in [0.1, 0.15) is 76.2 Å². The molecule has 4 aliphatic carbocycles. The van der Waals surface area contributed by atoms with Gasteiger partial charge in [-0.05, 0) is 87.5 Å². The molecular weight excluding hydrogens is 370 g/mol. The molecule has 2 amide bonds. The Bertz CT molecular complexity index is 728. The van der Waals surface area contributed by atoms with E-state index in [1.807, 2.05) is 0 Å². The lowest BCUT2D eigenvalue weighted by atomic mass is 9.53. The fourth-order valence-corrected chi connectivity index (χ4v) is 8.37. The average Bonchev–Trinajstić information content (AvgIpc) is 2.68. The van der Waals surface area contributed by atoms with Crippen LogP contribution in [0.3, 0.4) is 0 Å². The van der Waals surface area contributed by atoms with Crippen molar-refractivity contribution in [1.82, 2.24) is 15.5 Å². The molecule has 2 aliphatic heterocycles. The highest BCUT2D eigenvalue weighted by Crippen LogP contribution is 2.55. The lowest BCUT2D eigenvalue weighted by Gasteiger charge is -2.57. The zero-order valence-corrected chi connectivity index (χ0v) is 18.2. The van der Waals surface area contributed by atoms with Crippen LogP contribution in [-0.2, 0) is 6.54 Å². The molecule has 2 N–H and O–H groups in total. The van der Waals surface area contributed by atoms with Crippen molar-refractivity contribution in [1.29, 1.82) is 0 Å². The Labute approximate surface area is 181 Å². The van der Waals surface area contributed by atoms with E-state index >= 15 is 0 Å². The zero-order valence-electron chi connectivity index (χ0n) is 18.2. The van der Waals surface area contributed by atoms with Crippen LogP contribution < -0.4 is 10.6 Å². The quantitative estimate of drug-likeness (QED) is 0.750. The van der Waals surface area contributed by atoms with Crippen molar-refractivity contribution >= 4 is 6.03 Å². The van der Waals surface area contributed by atoms with Gasteiger partial charge in [-0.25, -0.2) is 4.79 Å². The van der Waals surface area contributed by atoms with Gasteiger partial charge in [0, 0.05) is 30.2 Å². The predicted octanol–water partition coefficient (Wildman–Crippen LogP) is 4.84. The SMILES string of the molecule is O=C(NC1C[C@H]2CCC[C@@H](C1)N2Cc1ccccc1)NC12CC3CC(CC(C3)C1)C2. The Morgan fingerprint density at radius 2 is 1.50 bits per heavy atom. The molecule has 4 heteroatoms. The molecule has 7 rings (SSSR count). The Morgan fingerprint density at radius 1 is 0.900 bits per heavy atom. The summed E-state index contributed by atoms with van der Waals surface area (Å²) < 4.78 is 0. The minimum absolute atomic E-state index is 0.114. The van der Waals surface area contributed by atoms with Gasteiger partial charge in [-0.15, -0.1) is 0 Å². The lowest BCUT2D eigenvalue weighted by molar-refractivity contribution is -0.0146. The first-order valence-electron chi connectivity index (χ1n) is 12.5. The summed E-state index contributed by atoms with van der Waals surface area (Å²) in [5, 5.41) is 6.96. The Morgan fingerprint density at radius 3 is 2.10 bits per heavy atom. The minimum Gasteiger partial charge on any atom is -0.335 e. The number of hydrogen-bond acceptors (Lipinski definition) is 2. The van der Waals surface area contributed by atoms with Crippen molar-refractivity contribution in [3.05, 3.63) is 35.9 Å². The number of piperidine rings is 2. The maximum atomic E-state index is 13.1. The van der Waals surface area contributed by atoms with Crippen LogP contribution in [0.4, 0.5) is 4.79 Å². The van der Waals surface area contributed by atoms with Crippen LogP contribution in [0.25, 0.3) is 0 Å². The highest BCUT2D eigenvalue weighted by Gasteiger charge is 2.51. The van der Waals surface area contributed by atoms with E-state index in [0.717, 1.165) is 37.1 Å². The maximum absolute atomic E-state index is 13.1. The number of rotatable bonds is 4. The van der Waals surface area contributed by atoms with Gasteiger partial charge in [0.15, 0.2) is 0 Å². The molecule has 4 nitrogen and oxygen atoms in total. The van der Waals surface area contributed by atoms with Crippen LogP contribution in [0, 0.1) is 17.8 Å². The molecule has 3 atom stereocenters. The fourth-order valence-electron chi connectivity index (χ4n) is 8.37. The van der Waals surface area contributed by atoms with Gasteiger partial charge in [-0.1, -0.05) is 36.8 Å². The molecule has 0 spiro atoms. The Hall–Kier alpha value is -1.55. The summed E-state index contributed by atoms with van der Waals surface area (Å²) in [7, 11) is 0. The summed E-state index contributed by atoms with van der Waals surface area (Å²) in [5.41, 5.74) is 1.53. The lowest BCUT2D eigenvalue weighted by Crippen LogP contribution is -2.63. The Kier molecular flexibility index (Phi) is 4.82. The molecule has 162 valence electrons. The van der Waals surface area contributed by atoms with E-state index in [1.165, 1.54) is 63.4 Å². The maximum Gasteiger partial charge on any atom is 0.315 e. The van der Waals surface area contributed by atoms with E-state index in [-0.39, 0.29) is 11.6 Å². The van der Waals surface area contributed by atoms with Gasteiger partial charge in [-0.3, -0.25) is 4.90 Å². The van der Waals surface area contributed by atoms with Crippen molar-refractivity contribution < 1.29 is 4.79 Å². The van der Waals surface area contributed by atoms with E-state index in [9.17, 15) is 4.79 Å². The van der Waals surface area contributed by atoms with Crippen LogP contribution in [0.5, 0.6) is 0 Å². The van der Waals surface area contributed by atoms with Crippen LogP contribution >= 0.6 is 0 Å². The fraction of sp³-hybridized carbons (Fsp3) is 0.731. The third-order valence-corrected chi connectivity index (χ3v) is 9.09. The van der Waals surface area contributed by atoms with Crippen molar-refractivity contribution in [2.24, 2.45) is 17.8 Å². The summed E-state index contributed by atoms with van der Waals surface area (Å²) >= 11 is 0. The highest BCUT2D eigenvalue weighted by atomic mass is 16.2. The predicted molar refractivity (Wildman–Crippen MR) is 119 cm³/mol. The van der Waals surface area contributed by atoms with Gasteiger partial charge >= 0.3 is 6.03 Å². The van der Waals surface area contributed by atoms with Crippen molar-refractivity contribution in [3.8, 4) is 0 Å². The molecule has 2 heterocycles. The molecule has 0 aromatic heterocycles. The van der Waals surface area contributed by atoms with Crippen LogP contribution in [0.15, 0.2) is 30.3 Å². The standard InChI is InChI=1S/C26H37N3O/c30-25(28-26-14-19-9-20(15-26)11-21(10-19)16-26)27-22-12-23-7-4-8-24(13-22)29(23)17-18-5-2-1-3-6-18/h1-3,5-6,19-24H,4,7-17H2,(H2,27,28,30)/t19?,20?,21?,22?,23-,24+,26?. The Balaban J connectivity index is 1.08. The summed E-state index contributed by atoms with van der Waals surface area (Å²) in [6, 6.07) is 12.6. The molecule has 4 saturated carbocycles. The van der Waals surface area contributed by atoms with Crippen molar-refractivity contribution in [2.75, 3.05) is 0 Å². The average molecular weight is 408 g/mol. The van der Waals surface area contributed by atoms with Gasteiger partial charge in [0.05, 0.1) is 0 Å². The summed E-state index contributed by atoms with van der Waals surface area (Å²) in [6.07, 6.45) is 14.1. The molecule has 1 aromatic rings. The van der Waals surface area contributed by atoms with E-state index in [0.29, 0.717) is 18.1 Å². The molecule has 2 saturated heterocycles. The number of nitrogens with one attached hydrogen (secondary N) is 2. The second kappa shape index (κ2) is 7.55. The number of urea groups is 1. The highest BCUT2D eigenvalue weighted by molar-refractivity contribution is 5.75. The number of nitrogens with zero attached hydrogens (tertiary/aromatic N) is 1. The summed E-state index contributed by atoms with van der Waals surface area (Å²) in [6.45, 7) is 1.06. The largest absolute Gasteiger partial charge is 0.335 e. The van der Waals surface area contributed by atoms with Crippen LogP contribution in [-0.4, -0.2) is 34.6 Å². The number of carbonyl (C=O) groups excluding carboxylic acids is 1. The first-order valence-corrected chi connectivity index (χ1v) is 12.5. The molecule has 0 radical (unpaired) electrons. The van der Waals surface area contributed by atoms with Gasteiger partial charge in [-0.2, -0.15) is 0 Å². The smallest absolute Gasteiger partial charge is 0.315 e. The molecule has 30 heavy (non-hydrogen) atoms. The summed E-state index contributed by atoms with van der Waals surface area (Å²) in [5.74, 6) is 2.62. The topological polar surface area (TPSA) is 44.4 Å². The number of hydrogen-bond donors (Lipinski definition) is 2. The van der Waals surface area contributed by atoms with Gasteiger partial charge in [0.25, 0.3) is 0 Å². The van der Waals surface area contributed by atoms with E-state index in [1.54, 1.807) is 0 Å². The molecule has 1 aromatic carbocycles. The molecule has 1 unspecified atom stereocenters. The van der Waals surface area contributed by atoms with Crippen molar-refractivity contribution in [2.45, 2.75) is 101 Å². The first-order chi connectivity index (χ1) is 14.6. The molecule has 6 aliphatic rings.